The fourth-order valence-electron chi connectivity index (χ4n) is 3.64. The third-order valence-electron chi connectivity index (χ3n) is 5.14. The van der Waals surface area contributed by atoms with Crippen molar-refractivity contribution in [2.45, 2.75) is 44.1 Å². The zero-order chi connectivity index (χ0) is 15.4. The first kappa shape index (κ1) is 15.3. The predicted molar refractivity (Wildman–Crippen MR) is 86.7 cm³/mol. The predicted octanol–water partition coefficient (Wildman–Crippen LogP) is 2.64. The van der Waals surface area contributed by atoms with Gasteiger partial charge in [-0.15, -0.1) is 0 Å². The van der Waals surface area contributed by atoms with E-state index in [-0.39, 0.29) is 24.6 Å². The van der Waals surface area contributed by atoms with Crippen molar-refractivity contribution in [3.63, 3.8) is 0 Å². The summed E-state index contributed by atoms with van der Waals surface area (Å²) in [6.45, 7) is 0.908. The van der Waals surface area contributed by atoms with Gasteiger partial charge in [-0.05, 0) is 36.7 Å². The Balaban J connectivity index is 1.40. The second-order valence-electron chi connectivity index (χ2n) is 6.70. The van der Waals surface area contributed by atoms with Gasteiger partial charge in [0.2, 0.25) is 0 Å². The lowest BCUT2D eigenvalue weighted by Crippen LogP contribution is -2.48. The molecule has 3 rings (SSSR count). The minimum absolute atomic E-state index is 0.0796. The Hall–Kier alpha value is -1.55. The van der Waals surface area contributed by atoms with Crippen LogP contribution in [0, 0.1) is 11.8 Å². The maximum absolute atomic E-state index is 12.0. The van der Waals surface area contributed by atoms with Gasteiger partial charge in [0.15, 0.2) is 0 Å². The molecule has 0 heterocycles. The van der Waals surface area contributed by atoms with Crippen molar-refractivity contribution in [3.05, 3.63) is 35.9 Å². The SMILES string of the molecule is O=C(NCC1CC1c1ccccc1)NC1CCCCC1CO. The lowest BCUT2D eigenvalue weighted by Gasteiger charge is -2.30. The van der Waals surface area contributed by atoms with Crippen LogP contribution < -0.4 is 10.6 Å². The van der Waals surface area contributed by atoms with Crippen LogP contribution in [0.15, 0.2) is 30.3 Å². The van der Waals surface area contributed by atoms with Gasteiger partial charge in [-0.2, -0.15) is 0 Å². The number of aliphatic hydroxyl groups excluding tert-OH is 1. The Morgan fingerprint density at radius 2 is 1.91 bits per heavy atom. The molecule has 1 aromatic carbocycles. The number of carbonyl (C=O) groups excluding carboxylic acids is 1. The van der Waals surface area contributed by atoms with Crippen LogP contribution in [0.1, 0.15) is 43.6 Å². The summed E-state index contributed by atoms with van der Waals surface area (Å²) in [5, 5.41) is 15.4. The molecule has 0 radical (unpaired) electrons. The third-order valence-corrected chi connectivity index (χ3v) is 5.14. The maximum atomic E-state index is 12.0. The largest absolute Gasteiger partial charge is 0.396 e. The summed E-state index contributed by atoms with van der Waals surface area (Å²) in [4.78, 5) is 12.0. The van der Waals surface area contributed by atoms with Gasteiger partial charge in [0.1, 0.15) is 0 Å². The summed E-state index contributed by atoms with van der Waals surface area (Å²) in [6.07, 6.45) is 5.45. The fraction of sp³-hybridized carbons (Fsp3) is 0.611. The molecule has 4 unspecified atom stereocenters. The molecule has 1 aromatic rings. The average Bonchev–Trinajstić information content (AvgIpc) is 3.34. The van der Waals surface area contributed by atoms with Crippen molar-refractivity contribution in [1.82, 2.24) is 10.6 Å². The van der Waals surface area contributed by atoms with Gasteiger partial charge < -0.3 is 15.7 Å². The van der Waals surface area contributed by atoms with E-state index in [0.29, 0.717) is 11.8 Å². The smallest absolute Gasteiger partial charge is 0.315 e. The van der Waals surface area contributed by atoms with E-state index in [1.807, 2.05) is 6.07 Å². The highest BCUT2D eigenvalue weighted by Crippen LogP contribution is 2.46. The van der Waals surface area contributed by atoms with Crippen LogP contribution in [0.25, 0.3) is 0 Å². The zero-order valence-electron chi connectivity index (χ0n) is 13.0. The van der Waals surface area contributed by atoms with Gasteiger partial charge >= 0.3 is 6.03 Å². The van der Waals surface area contributed by atoms with E-state index in [2.05, 4.69) is 34.9 Å². The number of nitrogens with one attached hydrogen (secondary N) is 2. The third kappa shape index (κ3) is 3.80. The maximum Gasteiger partial charge on any atom is 0.315 e. The molecule has 120 valence electrons. The summed E-state index contributed by atoms with van der Waals surface area (Å²) in [5.74, 6) is 1.38. The molecule has 0 saturated heterocycles. The van der Waals surface area contributed by atoms with Crippen molar-refractivity contribution in [3.8, 4) is 0 Å². The molecule has 3 N–H and O–H groups in total. The number of urea groups is 1. The first-order valence-electron chi connectivity index (χ1n) is 8.48. The van der Waals surface area contributed by atoms with E-state index in [9.17, 15) is 9.90 Å². The first-order chi connectivity index (χ1) is 10.8. The molecule has 0 spiro atoms. The number of hydrogen-bond acceptors (Lipinski definition) is 2. The molecule has 0 bridgehead atoms. The number of amides is 2. The summed E-state index contributed by atoms with van der Waals surface area (Å²) in [5.41, 5.74) is 1.38. The van der Waals surface area contributed by atoms with Crippen molar-refractivity contribution in [2.75, 3.05) is 13.2 Å². The molecule has 22 heavy (non-hydrogen) atoms. The number of rotatable bonds is 5. The second kappa shape index (κ2) is 7.14. The number of hydrogen-bond donors (Lipinski definition) is 3. The summed E-state index contributed by atoms with van der Waals surface area (Å²) in [6, 6.07) is 10.6. The minimum Gasteiger partial charge on any atom is -0.396 e. The van der Waals surface area contributed by atoms with Crippen LogP contribution in [0.2, 0.25) is 0 Å². The quantitative estimate of drug-likeness (QED) is 0.783. The Morgan fingerprint density at radius 3 is 2.68 bits per heavy atom. The molecular weight excluding hydrogens is 276 g/mol. The van der Waals surface area contributed by atoms with Crippen molar-refractivity contribution < 1.29 is 9.90 Å². The van der Waals surface area contributed by atoms with Crippen LogP contribution in [0.4, 0.5) is 4.79 Å². The highest BCUT2D eigenvalue weighted by molar-refractivity contribution is 5.74. The Labute approximate surface area is 132 Å². The number of aliphatic hydroxyl groups is 1. The standard InChI is InChI=1S/C18H26N2O2/c21-12-14-8-4-5-9-17(14)20-18(22)19-11-15-10-16(15)13-6-2-1-3-7-13/h1-3,6-7,14-17,21H,4-5,8-12H2,(H2,19,20,22). The van der Waals surface area contributed by atoms with Crippen LogP contribution >= 0.6 is 0 Å². The van der Waals surface area contributed by atoms with Crippen LogP contribution in [-0.2, 0) is 0 Å². The van der Waals surface area contributed by atoms with E-state index in [4.69, 9.17) is 0 Å². The van der Waals surface area contributed by atoms with Gasteiger partial charge in [0, 0.05) is 25.1 Å². The molecule has 4 nitrogen and oxygen atoms in total. The zero-order valence-corrected chi connectivity index (χ0v) is 13.0. The molecule has 2 aliphatic carbocycles. The van der Waals surface area contributed by atoms with Gasteiger partial charge in [-0.25, -0.2) is 4.79 Å². The first-order valence-corrected chi connectivity index (χ1v) is 8.48. The van der Waals surface area contributed by atoms with Crippen molar-refractivity contribution >= 4 is 6.03 Å². The van der Waals surface area contributed by atoms with E-state index >= 15 is 0 Å². The Morgan fingerprint density at radius 1 is 1.14 bits per heavy atom. The summed E-state index contributed by atoms with van der Waals surface area (Å²) in [7, 11) is 0. The van der Waals surface area contributed by atoms with E-state index < -0.39 is 0 Å². The fourth-order valence-corrected chi connectivity index (χ4v) is 3.64. The summed E-state index contributed by atoms with van der Waals surface area (Å²) >= 11 is 0. The van der Waals surface area contributed by atoms with Crippen LogP contribution in [0.3, 0.4) is 0 Å². The van der Waals surface area contributed by atoms with Gasteiger partial charge in [0.05, 0.1) is 0 Å². The van der Waals surface area contributed by atoms with Gasteiger partial charge in [-0.3, -0.25) is 0 Å². The van der Waals surface area contributed by atoms with Crippen molar-refractivity contribution in [2.24, 2.45) is 11.8 Å². The molecule has 0 aliphatic heterocycles. The lowest BCUT2D eigenvalue weighted by atomic mass is 9.85. The Bertz CT molecular complexity index is 491. The highest BCUT2D eigenvalue weighted by Gasteiger charge is 2.38. The van der Waals surface area contributed by atoms with E-state index in [1.54, 1.807) is 0 Å². The van der Waals surface area contributed by atoms with E-state index in [1.165, 1.54) is 5.56 Å². The van der Waals surface area contributed by atoms with Crippen LogP contribution in [0.5, 0.6) is 0 Å². The molecule has 2 aliphatic rings. The average molecular weight is 302 g/mol. The topological polar surface area (TPSA) is 61.4 Å². The molecule has 4 heteroatoms. The molecule has 4 atom stereocenters. The molecule has 2 saturated carbocycles. The monoisotopic (exact) mass is 302 g/mol. The lowest BCUT2D eigenvalue weighted by molar-refractivity contribution is 0.153. The summed E-state index contributed by atoms with van der Waals surface area (Å²) < 4.78 is 0. The number of carbonyl (C=O) groups is 1. The highest BCUT2D eigenvalue weighted by atomic mass is 16.3. The van der Waals surface area contributed by atoms with Crippen LogP contribution in [-0.4, -0.2) is 30.3 Å². The minimum atomic E-state index is -0.0796. The molecule has 0 aromatic heterocycles. The normalized spacial score (nSPS) is 30.6. The Kier molecular flexibility index (Phi) is 4.98. The van der Waals surface area contributed by atoms with E-state index in [0.717, 1.165) is 38.6 Å². The number of benzene rings is 1. The van der Waals surface area contributed by atoms with Gasteiger partial charge in [0.25, 0.3) is 0 Å². The molecule has 2 amide bonds. The molecule has 2 fully saturated rings. The molecular formula is C18H26N2O2. The second-order valence-corrected chi connectivity index (χ2v) is 6.70. The van der Waals surface area contributed by atoms with Gasteiger partial charge in [-0.1, -0.05) is 43.2 Å². The van der Waals surface area contributed by atoms with Crippen molar-refractivity contribution in [1.29, 1.82) is 0 Å².